The molecule has 0 saturated carbocycles. The van der Waals surface area contributed by atoms with E-state index < -0.39 is 17.5 Å². The first kappa shape index (κ1) is 19.7. The summed E-state index contributed by atoms with van der Waals surface area (Å²) in [5, 5.41) is 2.85. The minimum Gasteiger partial charge on any atom is -0.444 e. The number of carbonyl (C=O) groups is 1. The molecule has 0 spiro atoms. The lowest BCUT2D eigenvalue weighted by Gasteiger charge is -2.27. The summed E-state index contributed by atoms with van der Waals surface area (Å²) in [6.07, 6.45) is -0.785. The maximum absolute atomic E-state index is 12.1. The lowest BCUT2D eigenvalue weighted by molar-refractivity contribution is -0.143. The van der Waals surface area contributed by atoms with Crippen LogP contribution in [0.25, 0.3) is 0 Å². The summed E-state index contributed by atoms with van der Waals surface area (Å²) >= 11 is 0. The highest BCUT2D eigenvalue weighted by Crippen LogP contribution is 2.24. The van der Waals surface area contributed by atoms with Crippen LogP contribution in [0.3, 0.4) is 0 Å². The number of hydrogen-bond acceptors (Lipinski definition) is 5. The van der Waals surface area contributed by atoms with E-state index in [4.69, 9.17) is 18.9 Å². The minimum absolute atomic E-state index is 0.293. The topological polar surface area (TPSA) is 66.0 Å². The first-order valence-corrected chi connectivity index (χ1v) is 8.58. The van der Waals surface area contributed by atoms with Crippen molar-refractivity contribution in [2.24, 2.45) is 0 Å². The summed E-state index contributed by atoms with van der Waals surface area (Å²) in [7, 11) is 0. The van der Waals surface area contributed by atoms with Crippen LogP contribution in [0.15, 0.2) is 30.3 Å². The van der Waals surface area contributed by atoms with Gasteiger partial charge in [0.05, 0.1) is 25.9 Å². The molecule has 0 radical (unpaired) electrons. The Morgan fingerprint density at radius 2 is 2.00 bits per heavy atom. The second kappa shape index (κ2) is 8.17. The van der Waals surface area contributed by atoms with Crippen molar-refractivity contribution < 1.29 is 23.7 Å². The third kappa shape index (κ3) is 7.02. The fourth-order valence-electron chi connectivity index (χ4n) is 2.49. The van der Waals surface area contributed by atoms with Crippen molar-refractivity contribution in [2.75, 3.05) is 13.2 Å². The van der Waals surface area contributed by atoms with E-state index in [1.54, 1.807) is 0 Å². The predicted molar refractivity (Wildman–Crippen MR) is 94.2 cm³/mol. The molecule has 25 heavy (non-hydrogen) atoms. The molecule has 1 aromatic rings. The van der Waals surface area contributed by atoms with E-state index in [2.05, 4.69) is 5.32 Å². The van der Waals surface area contributed by atoms with Gasteiger partial charge >= 0.3 is 6.09 Å². The average Bonchev–Trinajstić information content (AvgIpc) is 2.85. The van der Waals surface area contributed by atoms with Gasteiger partial charge in [-0.25, -0.2) is 4.79 Å². The summed E-state index contributed by atoms with van der Waals surface area (Å²) < 4.78 is 22.6. The zero-order valence-corrected chi connectivity index (χ0v) is 15.7. The molecule has 140 valence electrons. The molecular weight excluding hydrogens is 322 g/mol. The van der Waals surface area contributed by atoms with Crippen LogP contribution in [0.4, 0.5) is 4.79 Å². The standard InChI is InChI=1S/C19H29NO5/c1-18(2,3)25-17(21)20-15(16-13-23-19(4,5)24-16)12-22-11-14-9-7-6-8-10-14/h6-10,15-16H,11-13H2,1-5H3,(H,20,21)/t15-,16+/m0/s1. The lowest BCUT2D eigenvalue weighted by atomic mass is 10.2. The molecule has 1 aliphatic rings. The Kier molecular flexibility index (Phi) is 6.43. The van der Waals surface area contributed by atoms with Gasteiger partial charge in [0.2, 0.25) is 0 Å². The van der Waals surface area contributed by atoms with E-state index in [0.717, 1.165) is 5.56 Å². The van der Waals surface area contributed by atoms with Gasteiger partial charge in [0.1, 0.15) is 11.7 Å². The van der Waals surface area contributed by atoms with Gasteiger partial charge < -0.3 is 24.3 Å². The molecular formula is C19H29NO5. The highest BCUT2D eigenvalue weighted by molar-refractivity contribution is 5.68. The van der Waals surface area contributed by atoms with E-state index in [9.17, 15) is 4.79 Å². The van der Waals surface area contributed by atoms with Gasteiger partial charge in [-0.3, -0.25) is 0 Å². The summed E-state index contributed by atoms with van der Waals surface area (Å²) in [6, 6.07) is 9.52. The van der Waals surface area contributed by atoms with Crippen molar-refractivity contribution in [1.82, 2.24) is 5.32 Å². The molecule has 1 N–H and O–H groups in total. The van der Waals surface area contributed by atoms with Crippen LogP contribution in [0.1, 0.15) is 40.2 Å². The van der Waals surface area contributed by atoms with Crippen LogP contribution < -0.4 is 5.32 Å². The Morgan fingerprint density at radius 1 is 1.32 bits per heavy atom. The molecule has 0 unspecified atom stereocenters. The molecule has 0 bridgehead atoms. The average molecular weight is 351 g/mol. The normalized spacial score (nSPS) is 20.9. The summed E-state index contributed by atoms with van der Waals surface area (Å²) in [4.78, 5) is 12.1. The molecule has 1 amide bonds. The van der Waals surface area contributed by atoms with Gasteiger partial charge in [0.15, 0.2) is 5.79 Å². The summed E-state index contributed by atoms with van der Waals surface area (Å²) in [5.74, 6) is -0.669. The van der Waals surface area contributed by atoms with Crippen molar-refractivity contribution >= 4 is 6.09 Å². The Hall–Kier alpha value is -1.63. The molecule has 2 rings (SSSR count). The number of benzene rings is 1. The van der Waals surface area contributed by atoms with Gasteiger partial charge in [0, 0.05) is 0 Å². The monoisotopic (exact) mass is 351 g/mol. The molecule has 1 saturated heterocycles. The van der Waals surface area contributed by atoms with Gasteiger partial charge in [-0.15, -0.1) is 0 Å². The lowest BCUT2D eigenvalue weighted by Crippen LogP contribution is -2.49. The molecule has 1 aromatic carbocycles. The molecule has 1 aliphatic heterocycles. The van der Waals surface area contributed by atoms with Crippen LogP contribution in [-0.2, 0) is 25.6 Å². The number of amides is 1. The van der Waals surface area contributed by atoms with Gasteiger partial charge in [0.25, 0.3) is 0 Å². The maximum Gasteiger partial charge on any atom is 0.408 e. The maximum atomic E-state index is 12.1. The third-order valence-corrected chi connectivity index (χ3v) is 3.59. The van der Waals surface area contributed by atoms with E-state index in [1.807, 2.05) is 65.0 Å². The summed E-state index contributed by atoms with van der Waals surface area (Å²) in [5.41, 5.74) is 0.508. The zero-order chi connectivity index (χ0) is 18.5. The van der Waals surface area contributed by atoms with Crippen molar-refractivity contribution in [3.8, 4) is 0 Å². The zero-order valence-electron chi connectivity index (χ0n) is 15.7. The second-order valence-corrected chi connectivity index (χ2v) is 7.62. The number of nitrogens with one attached hydrogen (secondary N) is 1. The molecule has 1 heterocycles. The highest BCUT2D eigenvalue weighted by atomic mass is 16.7. The smallest absolute Gasteiger partial charge is 0.408 e. The highest BCUT2D eigenvalue weighted by Gasteiger charge is 2.38. The van der Waals surface area contributed by atoms with Crippen molar-refractivity contribution in [3.63, 3.8) is 0 Å². The van der Waals surface area contributed by atoms with Crippen LogP contribution >= 0.6 is 0 Å². The molecule has 0 aromatic heterocycles. The van der Waals surface area contributed by atoms with E-state index in [1.165, 1.54) is 0 Å². The first-order chi connectivity index (χ1) is 11.6. The van der Waals surface area contributed by atoms with E-state index in [-0.39, 0.29) is 12.1 Å². The molecule has 6 heteroatoms. The Bertz CT molecular complexity index is 553. The molecule has 2 atom stereocenters. The molecule has 0 aliphatic carbocycles. The number of hydrogen-bond donors (Lipinski definition) is 1. The van der Waals surface area contributed by atoms with Crippen LogP contribution in [0.5, 0.6) is 0 Å². The van der Waals surface area contributed by atoms with Crippen molar-refractivity contribution in [1.29, 1.82) is 0 Å². The summed E-state index contributed by atoms with van der Waals surface area (Å²) in [6.45, 7) is 10.3. The van der Waals surface area contributed by atoms with Crippen molar-refractivity contribution in [2.45, 2.75) is 64.8 Å². The van der Waals surface area contributed by atoms with Crippen LogP contribution in [-0.4, -0.2) is 42.8 Å². The van der Waals surface area contributed by atoms with Gasteiger partial charge in [-0.1, -0.05) is 30.3 Å². The minimum atomic E-state index is -0.669. The molecule has 1 fully saturated rings. The fraction of sp³-hybridized carbons (Fsp3) is 0.632. The third-order valence-electron chi connectivity index (χ3n) is 3.59. The van der Waals surface area contributed by atoms with Crippen LogP contribution in [0.2, 0.25) is 0 Å². The number of alkyl carbamates (subject to hydrolysis) is 1. The number of ether oxygens (including phenoxy) is 4. The van der Waals surface area contributed by atoms with E-state index in [0.29, 0.717) is 19.8 Å². The Labute approximate surface area is 149 Å². The fourth-order valence-corrected chi connectivity index (χ4v) is 2.49. The number of rotatable bonds is 6. The molecule has 6 nitrogen and oxygen atoms in total. The van der Waals surface area contributed by atoms with E-state index >= 15 is 0 Å². The van der Waals surface area contributed by atoms with Crippen LogP contribution in [0, 0.1) is 0 Å². The Balaban J connectivity index is 1.93. The van der Waals surface area contributed by atoms with Gasteiger partial charge in [-0.2, -0.15) is 0 Å². The van der Waals surface area contributed by atoms with Gasteiger partial charge in [-0.05, 0) is 40.2 Å². The SMILES string of the molecule is CC(C)(C)OC(=O)N[C@@H](COCc1ccccc1)[C@H]1COC(C)(C)O1. The van der Waals surface area contributed by atoms with Crippen molar-refractivity contribution in [3.05, 3.63) is 35.9 Å². The quantitative estimate of drug-likeness (QED) is 0.852. The largest absolute Gasteiger partial charge is 0.444 e. The second-order valence-electron chi connectivity index (χ2n) is 7.62. The predicted octanol–water partition coefficient (Wildman–Crippen LogP) is 3.25. The number of carbonyl (C=O) groups excluding carboxylic acids is 1. The first-order valence-electron chi connectivity index (χ1n) is 8.58. The Morgan fingerprint density at radius 3 is 2.56 bits per heavy atom.